The van der Waals surface area contributed by atoms with Gasteiger partial charge in [0.2, 0.25) is 0 Å². The summed E-state index contributed by atoms with van der Waals surface area (Å²) in [5.41, 5.74) is -4.58. The summed E-state index contributed by atoms with van der Waals surface area (Å²) in [5, 5.41) is 24.4. The number of ether oxygens (including phenoxy) is 3. The van der Waals surface area contributed by atoms with Crippen LogP contribution in [0, 0.1) is 0 Å². The fourth-order valence-electron chi connectivity index (χ4n) is 1.91. The van der Waals surface area contributed by atoms with Gasteiger partial charge in [-0.05, 0) is 13.8 Å². The van der Waals surface area contributed by atoms with Gasteiger partial charge in [0.1, 0.15) is 5.69 Å². The maximum absolute atomic E-state index is 12.0. The number of thiazole rings is 1. The zero-order chi connectivity index (χ0) is 20.8. The standard InChI is InChI=1S/C14H19N3O9S/c1-13(2,10(22)24-3)26-14(9(20)21,15-5-8(18)19)7-6-27-11(16-7)17-12(23)25-4/h6,15H,5H2,1-4H3,(H,18,19)(H,20,21)(H,16,17,23). The molecule has 0 aliphatic rings. The van der Waals surface area contributed by atoms with E-state index in [-0.39, 0.29) is 10.8 Å². The highest BCUT2D eigenvalue weighted by Crippen LogP contribution is 2.32. The van der Waals surface area contributed by atoms with Crippen LogP contribution in [-0.2, 0) is 34.3 Å². The smallest absolute Gasteiger partial charge is 0.413 e. The molecular weight excluding hydrogens is 386 g/mol. The Balaban J connectivity index is 3.39. The lowest BCUT2D eigenvalue weighted by Gasteiger charge is -2.35. The van der Waals surface area contributed by atoms with Gasteiger partial charge in [-0.3, -0.25) is 15.4 Å². The van der Waals surface area contributed by atoms with Gasteiger partial charge in [-0.15, -0.1) is 11.3 Å². The molecule has 1 atom stereocenters. The maximum atomic E-state index is 12.0. The SMILES string of the molecule is COC(=O)Nc1nc(C(NCC(=O)O)(OC(C)(C)C(=O)OC)C(=O)O)cs1. The molecule has 1 aromatic rings. The Morgan fingerprint density at radius 1 is 1.19 bits per heavy atom. The summed E-state index contributed by atoms with van der Waals surface area (Å²) in [4.78, 5) is 50.1. The van der Waals surface area contributed by atoms with Crippen LogP contribution in [0.25, 0.3) is 0 Å². The van der Waals surface area contributed by atoms with Gasteiger partial charge in [-0.25, -0.2) is 19.4 Å². The Morgan fingerprint density at radius 2 is 1.81 bits per heavy atom. The Hall–Kier alpha value is -2.77. The van der Waals surface area contributed by atoms with Crippen LogP contribution in [0.3, 0.4) is 0 Å². The van der Waals surface area contributed by atoms with Crippen molar-refractivity contribution < 1.29 is 43.6 Å². The third-order valence-electron chi connectivity index (χ3n) is 3.13. The number of aliphatic carboxylic acids is 2. The van der Waals surface area contributed by atoms with Crippen LogP contribution in [0.2, 0.25) is 0 Å². The number of nitrogens with zero attached hydrogens (tertiary/aromatic N) is 1. The molecule has 0 saturated carbocycles. The van der Waals surface area contributed by atoms with Gasteiger partial charge in [0.05, 0.1) is 20.8 Å². The number of nitrogens with one attached hydrogen (secondary N) is 2. The number of methoxy groups -OCH3 is 2. The number of amides is 1. The number of aromatic nitrogens is 1. The van der Waals surface area contributed by atoms with Gasteiger partial charge in [-0.2, -0.15) is 0 Å². The third-order valence-corrected chi connectivity index (χ3v) is 3.89. The highest BCUT2D eigenvalue weighted by Gasteiger charge is 2.50. The Kier molecular flexibility index (Phi) is 7.21. The second kappa shape index (κ2) is 8.75. The summed E-state index contributed by atoms with van der Waals surface area (Å²) in [5.74, 6) is -3.92. The lowest BCUT2D eigenvalue weighted by Crippen LogP contribution is -2.58. The number of carbonyl (C=O) groups is 4. The highest BCUT2D eigenvalue weighted by atomic mass is 32.1. The monoisotopic (exact) mass is 405 g/mol. The van der Waals surface area contributed by atoms with Gasteiger partial charge >= 0.3 is 24.0 Å². The molecule has 0 aromatic carbocycles. The van der Waals surface area contributed by atoms with E-state index < -0.39 is 41.9 Å². The normalized spacial score (nSPS) is 13.3. The van der Waals surface area contributed by atoms with E-state index in [1.807, 2.05) is 0 Å². The van der Waals surface area contributed by atoms with Crippen molar-refractivity contribution >= 4 is 40.5 Å². The zero-order valence-corrected chi connectivity index (χ0v) is 15.7. The van der Waals surface area contributed by atoms with E-state index in [0.717, 1.165) is 25.6 Å². The maximum Gasteiger partial charge on any atom is 0.413 e. The number of esters is 1. The molecule has 1 heterocycles. The predicted molar refractivity (Wildman–Crippen MR) is 90.3 cm³/mol. The third kappa shape index (κ3) is 5.35. The molecule has 1 amide bonds. The molecule has 1 rings (SSSR count). The molecule has 0 saturated heterocycles. The second-order valence-corrected chi connectivity index (χ2v) is 6.35. The van der Waals surface area contributed by atoms with Crippen LogP contribution in [0.4, 0.5) is 9.93 Å². The second-order valence-electron chi connectivity index (χ2n) is 5.49. The summed E-state index contributed by atoms with van der Waals surface area (Å²) in [7, 11) is 2.21. The van der Waals surface area contributed by atoms with Crippen molar-refractivity contribution in [2.24, 2.45) is 0 Å². The van der Waals surface area contributed by atoms with E-state index >= 15 is 0 Å². The minimum Gasteiger partial charge on any atom is -0.480 e. The quantitative estimate of drug-likeness (QED) is 0.326. The lowest BCUT2D eigenvalue weighted by molar-refractivity contribution is -0.211. The first kappa shape index (κ1) is 22.3. The molecule has 4 N–H and O–H groups in total. The van der Waals surface area contributed by atoms with Crippen molar-refractivity contribution in [1.82, 2.24) is 10.3 Å². The molecule has 1 aromatic heterocycles. The summed E-state index contributed by atoms with van der Waals surface area (Å²) in [6, 6.07) is 0. The zero-order valence-electron chi connectivity index (χ0n) is 14.9. The van der Waals surface area contributed by atoms with E-state index in [9.17, 15) is 24.3 Å². The topological polar surface area (TPSA) is 173 Å². The van der Waals surface area contributed by atoms with Crippen molar-refractivity contribution in [2.75, 3.05) is 26.1 Å². The lowest BCUT2D eigenvalue weighted by atomic mass is 10.1. The van der Waals surface area contributed by atoms with Gasteiger partial charge in [0, 0.05) is 5.38 Å². The minimum absolute atomic E-state index is 0.0286. The van der Waals surface area contributed by atoms with Crippen LogP contribution in [0.15, 0.2) is 5.38 Å². The molecule has 150 valence electrons. The first-order valence-corrected chi connectivity index (χ1v) is 8.16. The van der Waals surface area contributed by atoms with Crippen molar-refractivity contribution in [3.8, 4) is 0 Å². The molecule has 27 heavy (non-hydrogen) atoms. The molecule has 0 aliphatic heterocycles. The Morgan fingerprint density at radius 3 is 2.30 bits per heavy atom. The molecule has 0 aliphatic carbocycles. The number of rotatable bonds is 9. The van der Waals surface area contributed by atoms with E-state index in [1.165, 1.54) is 19.2 Å². The summed E-state index contributed by atoms with van der Waals surface area (Å²) in [6.45, 7) is 1.68. The van der Waals surface area contributed by atoms with Crippen LogP contribution >= 0.6 is 11.3 Å². The molecule has 0 fully saturated rings. The van der Waals surface area contributed by atoms with E-state index in [1.54, 1.807) is 0 Å². The van der Waals surface area contributed by atoms with Crippen LogP contribution in [0.5, 0.6) is 0 Å². The van der Waals surface area contributed by atoms with E-state index in [2.05, 4.69) is 25.1 Å². The summed E-state index contributed by atoms with van der Waals surface area (Å²) in [6.07, 6.45) is -0.842. The Bertz CT molecular complexity index is 733. The van der Waals surface area contributed by atoms with Gasteiger partial charge in [-0.1, -0.05) is 0 Å². The number of hydrogen-bond donors (Lipinski definition) is 4. The van der Waals surface area contributed by atoms with Crippen LogP contribution < -0.4 is 10.6 Å². The predicted octanol–water partition coefficient (Wildman–Crippen LogP) is 0.201. The van der Waals surface area contributed by atoms with Gasteiger partial charge in [0.15, 0.2) is 10.7 Å². The number of hydrogen-bond acceptors (Lipinski definition) is 10. The molecular formula is C14H19N3O9S. The first-order valence-electron chi connectivity index (χ1n) is 7.28. The van der Waals surface area contributed by atoms with Crippen LogP contribution in [0.1, 0.15) is 19.5 Å². The fraction of sp³-hybridized carbons (Fsp3) is 0.500. The highest BCUT2D eigenvalue weighted by molar-refractivity contribution is 7.13. The van der Waals surface area contributed by atoms with E-state index in [4.69, 9.17) is 9.84 Å². The van der Waals surface area contributed by atoms with Crippen LogP contribution in [-0.4, -0.2) is 65.6 Å². The molecule has 12 nitrogen and oxygen atoms in total. The molecule has 0 spiro atoms. The molecule has 0 radical (unpaired) electrons. The number of carboxylic acids is 2. The molecule has 1 unspecified atom stereocenters. The Labute approximate surface area is 157 Å². The molecule has 0 bridgehead atoms. The number of carbonyl (C=O) groups excluding carboxylic acids is 2. The number of anilines is 1. The van der Waals surface area contributed by atoms with Crippen molar-refractivity contribution in [1.29, 1.82) is 0 Å². The fourth-order valence-corrected chi connectivity index (χ4v) is 2.64. The van der Waals surface area contributed by atoms with Crippen molar-refractivity contribution in [3.63, 3.8) is 0 Å². The van der Waals surface area contributed by atoms with Crippen molar-refractivity contribution in [2.45, 2.75) is 25.2 Å². The minimum atomic E-state index is -2.51. The van der Waals surface area contributed by atoms with Gasteiger partial charge < -0.3 is 24.4 Å². The van der Waals surface area contributed by atoms with E-state index in [0.29, 0.717) is 0 Å². The summed E-state index contributed by atoms with van der Waals surface area (Å²) < 4.78 is 14.5. The summed E-state index contributed by atoms with van der Waals surface area (Å²) >= 11 is 0.842. The first-order chi connectivity index (χ1) is 12.5. The largest absolute Gasteiger partial charge is 0.480 e. The van der Waals surface area contributed by atoms with Gasteiger partial charge in [0.25, 0.3) is 5.72 Å². The number of carboxylic acid groups (broad SMARTS) is 2. The molecule has 13 heteroatoms. The van der Waals surface area contributed by atoms with Crippen molar-refractivity contribution in [3.05, 3.63) is 11.1 Å². The average molecular weight is 405 g/mol. The average Bonchev–Trinajstić information content (AvgIpc) is 3.05.